The minimum absolute atomic E-state index is 0.145. The summed E-state index contributed by atoms with van der Waals surface area (Å²) in [5, 5.41) is 15.0. The van der Waals surface area contributed by atoms with E-state index >= 15 is 0 Å². The van der Waals surface area contributed by atoms with E-state index in [0.29, 0.717) is 21.6 Å². The van der Waals surface area contributed by atoms with Crippen molar-refractivity contribution >= 4 is 60.1 Å². The van der Waals surface area contributed by atoms with E-state index in [0.717, 1.165) is 21.2 Å². The van der Waals surface area contributed by atoms with Gasteiger partial charge in [0.1, 0.15) is 5.52 Å². The number of aromatic hydroxyl groups is 1. The van der Waals surface area contributed by atoms with Crippen LogP contribution in [0.5, 0.6) is 5.75 Å². The van der Waals surface area contributed by atoms with E-state index in [9.17, 15) is 5.11 Å². The van der Waals surface area contributed by atoms with E-state index in [1.807, 2.05) is 42.5 Å². The van der Waals surface area contributed by atoms with Crippen molar-refractivity contribution < 1.29 is 5.11 Å². The number of nitrogens with zero attached hydrogens (tertiary/aromatic N) is 1. The molecule has 6 heteroatoms. The van der Waals surface area contributed by atoms with Crippen molar-refractivity contribution in [3.8, 4) is 5.75 Å². The highest BCUT2D eigenvalue weighted by Crippen LogP contribution is 2.36. The van der Waals surface area contributed by atoms with Crippen molar-refractivity contribution in [1.29, 1.82) is 0 Å². The van der Waals surface area contributed by atoms with Gasteiger partial charge < -0.3 is 10.4 Å². The van der Waals surface area contributed by atoms with Gasteiger partial charge in [-0.25, -0.2) is 4.98 Å². The Bertz CT molecular complexity index is 838. The third-order valence-electron chi connectivity index (χ3n) is 3.23. The predicted molar refractivity (Wildman–Crippen MR) is 97.6 cm³/mol. The molecule has 3 aromatic rings. The van der Waals surface area contributed by atoms with Crippen LogP contribution in [0.2, 0.25) is 5.02 Å². The van der Waals surface area contributed by atoms with Crippen LogP contribution < -0.4 is 5.32 Å². The molecule has 0 aliphatic heterocycles. The summed E-state index contributed by atoms with van der Waals surface area (Å²) < 4.78 is 1.50. The van der Waals surface area contributed by atoms with Gasteiger partial charge in [0.15, 0.2) is 5.75 Å². The van der Waals surface area contributed by atoms with Gasteiger partial charge in [0.25, 0.3) is 0 Å². The SMILES string of the molecule is Oc1c(Br)cc(Br)c2ccc(CNc3ccc(Cl)cc3)nc12. The second kappa shape index (κ2) is 6.44. The average molecular weight is 443 g/mol. The molecule has 1 aromatic heterocycles. The summed E-state index contributed by atoms with van der Waals surface area (Å²) in [5.41, 5.74) is 2.37. The first-order valence-corrected chi connectivity index (χ1v) is 8.47. The molecule has 0 spiro atoms. The molecule has 2 N–H and O–H groups in total. The molecule has 0 saturated carbocycles. The highest BCUT2D eigenvalue weighted by atomic mass is 79.9. The Kier molecular flexibility index (Phi) is 4.57. The monoisotopic (exact) mass is 440 g/mol. The molecule has 0 atom stereocenters. The number of hydrogen-bond acceptors (Lipinski definition) is 3. The Balaban J connectivity index is 1.88. The molecule has 0 fully saturated rings. The Morgan fingerprint density at radius 2 is 1.77 bits per heavy atom. The largest absolute Gasteiger partial charge is 0.505 e. The van der Waals surface area contributed by atoms with Crippen molar-refractivity contribution in [1.82, 2.24) is 4.98 Å². The topological polar surface area (TPSA) is 45.1 Å². The lowest BCUT2D eigenvalue weighted by molar-refractivity contribution is 0.477. The van der Waals surface area contributed by atoms with Gasteiger partial charge >= 0.3 is 0 Å². The molecular formula is C16H11Br2ClN2O. The van der Waals surface area contributed by atoms with Gasteiger partial charge in [0, 0.05) is 20.6 Å². The highest BCUT2D eigenvalue weighted by molar-refractivity contribution is 9.11. The Morgan fingerprint density at radius 3 is 2.50 bits per heavy atom. The fourth-order valence-corrected chi connectivity index (χ4v) is 3.50. The smallest absolute Gasteiger partial charge is 0.156 e. The van der Waals surface area contributed by atoms with Gasteiger partial charge in [-0.3, -0.25) is 0 Å². The van der Waals surface area contributed by atoms with E-state index in [1.165, 1.54) is 0 Å². The molecule has 0 saturated heterocycles. The maximum absolute atomic E-state index is 10.2. The summed E-state index contributed by atoms with van der Waals surface area (Å²) in [6.07, 6.45) is 0. The van der Waals surface area contributed by atoms with E-state index < -0.39 is 0 Å². The summed E-state index contributed by atoms with van der Waals surface area (Å²) in [7, 11) is 0. The second-order valence-electron chi connectivity index (χ2n) is 4.75. The van der Waals surface area contributed by atoms with Gasteiger partial charge in [0.2, 0.25) is 0 Å². The fourth-order valence-electron chi connectivity index (χ4n) is 2.10. The molecule has 0 bridgehead atoms. The first-order valence-electron chi connectivity index (χ1n) is 6.50. The number of rotatable bonds is 3. The Labute approximate surface area is 149 Å². The molecule has 0 amide bonds. The fraction of sp³-hybridized carbons (Fsp3) is 0.0625. The van der Waals surface area contributed by atoms with Crippen molar-refractivity contribution in [2.24, 2.45) is 0 Å². The maximum atomic E-state index is 10.2. The van der Waals surface area contributed by atoms with Gasteiger partial charge in [-0.2, -0.15) is 0 Å². The predicted octanol–water partition coefficient (Wildman–Crippen LogP) is 5.73. The number of benzene rings is 2. The molecule has 0 aliphatic carbocycles. The molecule has 2 aromatic carbocycles. The number of phenolic OH excluding ortho intramolecular Hbond substituents is 1. The molecule has 22 heavy (non-hydrogen) atoms. The lowest BCUT2D eigenvalue weighted by Gasteiger charge is -2.09. The van der Waals surface area contributed by atoms with Crippen LogP contribution in [0.3, 0.4) is 0 Å². The third-order valence-corrected chi connectivity index (χ3v) is 4.74. The van der Waals surface area contributed by atoms with Crippen LogP contribution in [0, 0.1) is 0 Å². The standard InChI is InChI=1S/C16H11Br2ClN2O/c17-13-7-14(18)16(22)15-12(13)6-5-11(21-15)8-20-10-3-1-9(19)2-4-10/h1-7,20,22H,8H2. The molecule has 3 nitrogen and oxygen atoms in total. The van der Waals surface area contributed by atoms with Crippen molar-refractivity contribution in [3.63, 3.8) is 0 Å². The normalized spacial score (nSPS) is 10.9. The summed E-state index contributed by atoms with van der Waals surface area (Å²) in [4.78, 5) is 4.53. The van der Waals surface area contributed by atoms with Crippen molar-refractivity contribution in [2.45, 2.75) is 6.54 Å². The molecule has 112 valence electrons. The molecule has 1 heterocycles. The Hall–Kier alpha value is -1.30. The van der Waals surface area contributed by atoms with Gasteiger partial charge in [0.05, 0.1) is 16.7 Å². The van der Waals surface area contributed by atoms with Crippen LogP contribution in [-0.4, -0.2) is 10.1 Å². The molecular weight excluding hydrogens is 431 g/mol. The van der Waals surface area contributed by atoms with Crippen LogP contribution in [0.15, 0.2) is 51.4 Å². The van der Waals surface area contributed by atoms with E-state index in [2.05, 4.69) is 42.2 Å². The molecule has 0 aliphatic rings. The number of halogens is 3. The van der Waals surface area contributed by atoms with Gasteiger partial charge in [-0.05, 0) is 58.4 Å². The summed E-state index contributed by atoms with van der Waals surface area (Å²) in [5.74, 6) is 0.145. The van der Waals surface area contributed by atoms with E-state index in [1.54, 1.807) is 0 Å². The summed E-state index contributed by atoms with van der Waals surface area (Å²) >= 11 is 12.7. The van der Waals surface area contributed by atoms with E-state index in [-0.39, 0.29) is 5.75 Å². The van der Waals surface area contributed by atoms with Crippen LogP contribution in [-0.2, 0) is 6.54 Å². The van der Waals surface area contributed by atoms with Crippen molar-refractivity contribution in [2.75, 3.05) is 5.32 Å². The maximum Gasteiger partial charge on any atom is 0.156 e. The zero-order valence-corrected chi connectivity index (χ0v) is 15.2. The number of nitrogens with one attached hydrogen (secondary N) is 1. The number of pyridine rings is 1. The first kappa shape index (κ1) is 15.6. The van der Waals surface area contributed by atoms with Crippen LogP contribution in [0.1, 0.15) is 5.69 Å². The van der Waals surface area contributed by atoms with Crippen LogP contribution in [0.25, 0.3) is 10.9 Å². The van der Waals surface area contributed by atoms with Crippen LogP contribution >= 0.6 is 43.5 Å². The van der Waals surface area contributed by atoms with Gasteiger partial charge in [-0.15, -0.1) is 0 Å². The number of fused-ring (bicyclic) bond motifs is 1. The average Bonchev–Trinajstić information content (AvgIpc) is 2.52. The second-order valence-corrected chi connectivity index (χ2v) is 6.89. The minimum atomic E-state index is 0.145. The zero-order chi connectivity index (χ0) is 15.7. The minimum Gasteiger partial charge on any atom is -0.505 e. The molecule has 3 rings (SSSR count). The number of anilines is 1. The summed E-state index contributed by atoms with van der Waals surface area (Å²) in [6.45, 7) is 0.557. The number of phenols is 1. The lowest BCUT2D eigenvalue weighted by Crippen LogP contribution is -2.01. The van der Waals surface area contributed by atoms with Crippen molar-refractivity contribution in [3.05, 3.63) is 62.1 Å². The highest BCUT2D eigenvalue weighted by Gasteiger charge is 2.10. The number of hydrogen-bond donors (Lipinski definition) is 2. The summed E-state index contributed by atoms with van der Waals surface area (Å²) in [6, 6.07) is 13.2. The van der Waals surface area contributed by atoms with Crippen LogP contribution in [0.4, 0.5) is 5.69 Å². The zero-order valence-electron chi connectivity index (χ0n) is 11.3. The lowest BCUT2D eigenvalue weighted by atomic mass is 10.2. The van der Waals surface area contributed by atoms with E-state index in [4.69, 9.17) is 11.6 Å². The molecule has 0 radical (unpaired) electrons. The number of aromatic nitrogens is 1. The Morgan fingerprint density at radius 1 is 1.05 bits per heavy atom. The molecule has 0 unspecified atom stereocenters. The van der Waals surface area contributed by atoms with Gasteiger partial charge in [-0.1, -0.05) is 27.5 Å². The third kappa shape index (κ3) is 3.21. The first-order chi connectivity index (χ1) is 10.5. The quantitative estimate of drug-likeness (QED) is 0.544.